The molecule has 18 heavy (non-hydrogen) atoms. The molecule has 0 atom stereocenters. The molecule has 1 heteroatoms. The summed E-state index contributed by atoms with van der Waals surface area (Å²) in [5.41, 5.74) is 9.28. The lowest BCUT2D eigenvalue weighted by atomic mass is 9.75. The Bertz CT molecular complexity index is 565. The number of rotatable bonds is 1. The fraction of sp³-hybridized carbons (Fsp3) is 0.412. The molecular formula is C17H21N. The predicted octanol–water partition coefficient (Wildman–Crippen LogP) is 4.27. The average molecular weight is 239 g/mol. The standard InChI is InChI=1S/C17H21N/c1-13-9-10-16(15-8-4-3-7-14(13)15)17(18)11-5-2-6-12-17/h3-4,7-10H,2,5-6,11-12,18H2,1H3. The molecule has 0 aromatic heterocycles. The summed E-state index contributed by atoms with van der Waals surface area (Å²) in [6.07, 6.45) is 6.11. The van der Waals surface area contributed by atoms with Crippen LogP contribution < -0.4 is 5.73 Å². The fourth-order valence-corrected chi connectivity index (χ4v) is 3.34. The van der Waals surface area contributed by atoms with Crippen LogP contribution in [-0.2, 0) is 5.54 Å². The van der Waals surface area contributed by atoms with Gasteiger partial charge in [0, 0.05) is 5.54 Å². The molecule has 1 nitrogen and oxygen atoms in total. The van der Waals surface area contributed by atoms with Crippen LogP contribution in [0.15, 0.2) is 36.4 Å². The van der Waals surface area contributed by atoms with Crippen molar-refractivity contribution < 1.29 is 0 Å². The minimum absolute atomic E-state index is 0.106. The van der Waals surface area contributed by atoms with Crippen molar-refractivity contribution >= 4 is 10.8 Å². The molecule has 2 N–H and O–H groups in total. The van der Waals surface area contributed by atoms with E-state index in [0.717, 1.165) is 12.8 Å². The second kappa shape index (κ2) is 4.40. The number of benzene rings is 2. The average Bonchev–Trinajstić information content (AvgIpc) is 2.40. The summed E-state index contributed by atoms with van der Waals surface area (Å²) in [7, 11) is 0. The number of nitrogens with two attached hydrogens (primary N) is 1. The van der Waals surface area contributed by atoms with Gasteiger partial charge in [-0.3, -0.25) is 0 Å². The van der Waals surface area contributed by atoms with Gasteiger partial charge in [0.05, 0.1) is 0 Å². The van der Waals surface area contributed by atoms with E-state index in [0.29, 0.717) is 0 Å². The maximum Gasteiger partial charge on any atom is 0.0415 e. The van der Waals surface area contributed by atoms with Crippen LogP contribution in [0.2, 0.25) is 0 Å². The highest BCUT2D eigenvalue weighted by Gasteiger charge is 2.30. The smallest absolute Gasteiger partial charge is 0.0415 e. The molecule has 0 radical (unpaired) electrons. The van der Waals surface area contributed by atoms with Gasteiger partial charge in [-0.1, -0.05) is 55.7 Å². The molecule has 3 rings (SSSR count). The first kappa shape index (κ1) is 11.7. The van der Waals surface area contributed by atoms with Gasteiger partial charge in [-0.2, -0.15) is 0 Å². The molecule has 0 amide bonds. The summed E-state index contributed by atoms with van der Waals surface area (Å²) in [6, 6.07) is 13.1. The van der Waals surface area contributed by atoms with Crippen molar-refractivity contribution in [3.8, 4) is 0 Å². The molecule has 1 saturated carbocycles. The van der Waals surface area contributed by atoms with Crippen molar-refractivity contribution in [2.24, 2.45) is 5.73 Å². The Kier molecular flexibility index (Phi) is 2.87. The van der Waals surface area contributed by atoms with E-state index in [2.05, 4.69) is 43.3 Å². The summed E-state index contributed by atoms with van der Waals surface area (Å²) >= 11 is 0. The van der Waals surface area contributed by atoms with Crippen molar-refractivity contribution in [1.82, 2.24) is 0 Å². The largest absolute Gasteiger partial charge is 0.321 e. The lowest BCUT2D eigenvalue weighted by Crippen LogP contribution is -2.38. The molecule has 94 valence electrons. The Morgan fingerprint density at radius 1 is 0.889 bits per heavy atom. The SMILES string of the molecule is Cc1ccc(C2(N)CCCCC2)c2ccccc12. The Morgan fingerprint density at radius 3 is 2.28 bits per heavy atom. The first-order chi connectivity index (χ1) is 8.71. The number of fused-ring (bicyclic) bond motifs is 1. The van der Waals surface area contributed by atoms with Crippen LogP contribution in [0.5, 0.6) is 0 Å². The van der Waals surface area contributed by atoms with Crippen LogP contribution in [0.1, 0.15) is 43.2 Å². The van der Waals surface area contributed by atoms with Gasteiger partial charge in [-0.05, 0) is 41.7 Å². The number of hydrogen-bond donors (Lipinski definition) is 1. The van der Waals surface area contributed by atoms with Crippen molar-refractivity contribution in [3.05, 3.63) is 47.5 Å². The van der Waals surface area contributed by atoms with Crippen molar-refractivity contribution in [2.45, 2.75) is 44.6 Å². The minimum atomic E-state index is -0.106. The van der Waals surface area contributed by atoms with Crippen molar-refractivity contribution in [1.29, 1.82) is 0 Å². The lowest BCUT2D eigenvalue weighted by Gasteiger charge is -2.35. The second-order valence-electron chi connectivity index (χ2n) is 5.69. The summed E-state index contributed by atoms with van der Waals surface area (Å²) < 4.78 is 0. The third kappa shape index (κ3) is 1.83. The molecule has 2 aromatic carbocycles. The number of aryl methyl sites for hydroxylation is 1. The minimum Gasteiger partial charge on any atom is -0.321 e. The van der Waals surface area contributed by atoms with Crippen molar-refractivity contribution in [2.75, 3.05) is 0 Å². The van der Waals surface area contributed by atoms with Crippen LogP contribution in [0.3, 0.4) is 0 Å². The highest BCUT2D eigenvalue weighted by Crippen LogP contribution is 2.38. The quantitative estimate of drug-likeness (QED) is 0.790. The third-order valence-electron chi connectivity index (χ3n) is 4.42. The van der Waals surface area contributed by atoms with E-state index >= 15 is 0 Å². The molecule has 1 fully saturated rings. The van der Waals surface area contributed by atoms with Gasteiger partial charge in [0.25, 0.3) is 0 Å². The zero-order valence-electron chi connectivity index (χ0n) is 11.1. The molecule has 0 bridgehead atoms. The van der Waals surface area contributed by atoms with Crippen LogP contribution in [0.25, 0.3) is 10.8 Å². The summed E-state index contributed by atoms with van der Waals surface area (Å²) in [5, 5.41) is 2.70. The normalized spacial score (nSPS) is 19.0. The van der Waals surface area contributed by atoms with E-state index in [1.165, 1.54) is 41.2 Å². The van der Waals surface area contributed by atoms with E-state index in [4.69, 9.17) is 5.73 Å². The Balaban J connectivity index is 2.20. The van der Waals surface area contributed by atoms with Crippen LogP contribution in [0, 0.1) is 6.92 Å². The van der Waals surface area contributed by atoms with Crippen LogP contribution in [0.4, 0.5) is 0 Å². The molecule has 0 spiro atoms. The van der Waals surface area contributed by atoms with Crippen LogP contribution in [-0.4, -0.2) is 0 Å². The highest BCUT2D eigenvalue weighted by molar-refractivity contribution is 5.89. The van der Waals surface area contributed by atoms with E-state index in [9.17, 15) is 0 Å². The molecule has 0 heterocycles. The highest BCUT2D eigenvalue weighted by atomic mass is 14.7. The summed E-state index contributed by atoms with van der Waals surface area (Å²) in [4.78, 5) is 0. The molecule has 2 aromatic rings. The number of hydrogen-bond acceptors (Lipinski definition) is 1. The Morgan fingerprint density at radius 2 is 1.56 bits per heavy atom. The summed E-state index contributed by atoms with van der Waals surface area (Å²) in [6.45, 7) is 2.18. The molecule has 1 aliphatic rings. The van der Waals surface area contributed by atoms with Crippen molar-refractivity contribution in [3.63, 3.8) is 0 Å². The molecule has 0 aliphatic heterocycles. The van der Waals surface area contributed by atoms with E-state index in [-0.39, 0.29) is 5.54 Å². The monoisotopic (exact) mass is 239 g/mol. The van der Waals surface area contributed by atoms with E-state index < -0.39 is 0 Å². The molecule has 1 aliphatic carbocycles. The predicted molar refractivity (Wildman–Crippen MR) is 77.6 cm³/mol. The Labute approximate surface area is 109 Å². The van der Waals surface area contributed by atoms with E-state index in [1.54, 1.807) is 0 Å². The Hall–Kier alpha value is -1.34. The maximum absolute atomic E-state index is 6.70. The summed E-state index contributed by atoms with van der Waals surface area (Å²) in [5.74, 6) is 0. The molecule has 0 saturated heterocycles. The van der Waals surface area contributed by atoms with Gasteiger partial charge in [0.2, 0.25) is 0 Å². The van der Waals surface area contributed by atoms with Gasteiger partial charge < -0.3 is 5.73 Å². The van der Waals surface area contributed by atoms with E-state index in [1.807, 2.05) is 0 Å². The van der Waals surface area contributed by atoms with Gasteiger partial charge in [0.1, 0.15) is 0 Å². The van der Waals surface area contributed by atoms with Gasteiger partial charge in [-0.15, -0.1) is 0 Å². The van der Waals surface area contributed by atoms with Gasteiger partial charge in [0.15, 0.2) is 0 Å². The fourth-order valence-electron chi connectivity index (χ4n) is 3.34. The second-order valence-corrected chi connectivity index (χ2v) is 5.69. The molecule has 0 unspecified atom stereocenters. The third-order valence-corrected chi connectivity index (χ3v) is 4.42. The zero-order chi connectivity index (χ0) is 12.6. The first-order valence-corrected chi connectivity index (χ1v) is 6.98. The first-order valence-electron chi connectivity index (χ1n) is 6.98. The van der Waals surface area contributed by atoms with Gasteiger partial charge >= 0.3 is 0 Å². The maximum atomic E-state index is 6.70. The van der Waals surface area contributed by atoms with Crippen LogP contribution >= 0.6 is 0 Å². The zero-order valence-corrected chi connectivity index (χ0v) is 11.1. The van der Waals surface area contributed by atoms with Gasteiger partial charge in [-0.25, -0.2) is 0 Å². The topological polar surface area (TPSA) is 26.0 Å². The molecular weight excluding hydrogens is 218 g/mol. The lowest BCUT2D eigenvalue weighted by molar-refractivity contribution is 0.304.